The summed E-state index contributed by atoms with van der Waals surface area (Å²) in [6.07, 6.45) is 0.434. The van der Waals surface area contributed by atoms with Crippen molar-refractivity contribution in [3.8, 4) is 5.75 Å². The fourth-order valence-electron chi connectivity index (χ4n) is 3.54. The molecule has 0 atom stereocenters. The van der Waals surface area contributed by atoms with E-state index in [1.165, 1.54) is 18.5 Å². The van der Waals surface area contributed by atoms with E-state index in [4.69, 9.17) is 5.73 Å². The van der Waals surface area contributed by atoms with Crippen LogP contribution < -0.4 is 15.4 Å². The molecule has 0 spiro atoms. The molecule has 0 amide bonds. The minimum atomic E-state index is -4.69. The van der Waals surface area contributed by atoms with Gasteiger partial charge in [-0.3, -0.25) is 0 Å². The lowest BCUT2D eigenvalue weighted by Gasteiger charge is -2.40. The Morgan fingerprint density at radius 3 is 2.50 bits per heavy atom. The van der Waals surface area contributed by atoms with Gasteiger partial charge in [0.2, 0.25) is 0 Å². The number of anilines is 1. The zero-order chi connectivity index (χ0) is 19.8. The smallest absolute Gasteiger partial charge is 0.406 e. The van der Waals surface area contributed by atoms with Crippen molar-refractivity contribution >= 4 is 17.0 Å². The minimum absolute atomic E-state index is 0.232. The van der Waals surface area contributed by atoms with Crippen LogP contribution in [0, 0.1) is 0 Å². The first-order chi connectivity index (χ1) is 13.3. The summed E-state index contributed by atoms with van der Waals surface area (Å²) < 4.78 is 40.7. The van der Waals surface area contributed by atoms with Gasteiger partial charge in [0.05, 0.1) is 6.33 Å². The molecule has 3 heterocycles. The number of rotatable bonds is 4. The van der Waals surface area contributed by atoms with Crippen LogP contribution in [-0.4, -0.2) is 44.9 Å². The zero-order valence-corrected chi connectivity index (χ0v) is 14.9. The molecule has 28 heavy (non-hydrogen) atoms. The number of hydrogen-bond acceptors (Lipinski definition) is 6. The number of nitrogens with one attached hydrogen (secondary N) is 1. The normalized spacial score (nSPS) is 17.1. The topological polar surface area (TPSA) is 93.0 Å². The molecule has 1 aliphatic rings. The van der Waals surface area contributed by atoms with Crippen molar-refractivity contribution in [1.82, 2.24) is 19.9 Å². The summed E-state index contributed by atoms with van der Waals surface area (Å²) in [6.45, 7) is 1.43. The van der Waals surface area contributed by atoms with E-state index in [1.807, 2.05) is 0 Å². The van der Waals surface area contributed by atoms with E-state index in [9.17, 15) is 13.2 Å². The Kier molecular flexibility index (Phi) is 4.58. The number of ether oxygens (including phenoxy) is 1. The van der Waals surface area contributed by atoms with Gasteiger partial charge in [-0.2, -0.15) is 0 Å². The van der Waals surface area contributed by atoms with E-state index in [0.29, 0.717) is 25.2 Å². The van der Waals surface area contributed by atoms with Gasteiger partial charge >= 0.3 is 6.36 Å². The van der Waals surface area contributed by atoms with Crippen LogP contribution in [0.1, 0.15) is 18.4 Å². The van der Waals surface area contributed by atoms with Crippen molar-refractivity contribution in [2.75, 3.05) is 18.0 Å². The Morgan fingerprint density at radius 1 is 1.11 bits per heavy atom. The number of H-pyrrole nitrogens is 1. The van der Waals surface area contributed by atoms with Gasteiger partial charge in [0.15, 0.2) is 11.5 Å². The maximum atomic E-state index is 12.3. The van der Waals surface area contributed by atoms with E-state index in [2.05, 4.69) is 29.6 Å². The van der Waals surface area contributed by atoms with Crippen LogP contribution in [0.4, 0.5) is 19.0 Å². The summed E-state index contributed by atoms with van der Waals surface area (Å²) >= 11 is 0. The first-order valence-corrected chi connectivity index (χ1v) is 8.84. The van der Waals surface area contributed by atoms with Crippen LogP contribution >= 0.6 is 0 Å². The summed E-state index contributed by atoms with van der Waals surface area (Å²) in [6, 6.07) is 5.88. The highest BCUT2D eigenvalue weighted by molar-refractivity contribution is 5.82. The molecule has 10 heteroatoms. The third-order valence-corrected chi connectivity index (χ3v) is 4.97. The number of nitrogens with two attached hydrogens (primary N) is 1. The van der Waals surface area contributed by atoms with Crippen LogP contribution in [0.3, 0.4) is 0 Å². The van der Waals surface area contributed by atoms with E-state index >= 15 is 0 Å². The van der Waals surface area contributed by atoms with Gasteiger partial charge in [-0.05, 0) is 37.0 Å². The maximum absolute atomic E-state index is 12.3. The number of imidazole rings is 1. The Morgan fingerprint density at radius 2 is 1.82 bits per heavy atom. The molecule has 0 aliphatic carbocycles. The molecule has 1 aromatic carbocycles. The van der Waals surface area contributed by atoms with Gasteiger partial charge in [-0.1, -0.05) is 12.1 Å². The second kappa shape index (κ2) is 6.93. The average molecular weight is 392 g/mol. The third kappa shape index (κ3) is 4.01. The quantitative estimate of drug-likeness (QED) is 0.709. The van der Waals surface area contributed by atoms with Gasteiger partial charge < -0.3 is 20.4 Å². The molecule has 0 bridgehead atoms. The standard InChI is InChI=1S/C18H19F3N6O/c19-18(20,21)28-13-3-1-12(2-4-13)9-17(22)5-7-27(8-6-17)16-14-15(24-10-23-14)25-11-26-16/h1-4,10-11H,5-9,22H2,(H,23,24,25,26). The molecule has 0 unspecified atom stereocenters. The number of aromatic nitrogens is 4. The van der Waals surface area contributed by atoms with E-state index in [-0.39, 0.29) is 5.75 Å². The van der Waals surface area contributed by atoms with E-state index in [0.717, 1.165) is 29.7 Å². The van der Waals surface area contributed by atoms with Crippen molar-refractivity contribution in [2.24, 2.45) is 5.73 Å². The molecule has 148 valence electrons. The monoisotopic (exact) mass is 392 g/mol. The number of alkyl halides is 3. The SMILES string of the molecule is NC1(Cc2ccc(OC(F)(F)F)cc2)CCN(c2ncnc3[nH]cnc23)CC1. The van der Waals surface area contributed by atoms with Gasteiger partial charge in [0.1, 0.15) is 17.6 Å². The second-order valence-electron chi connectivity index (χ2n) is 7.01. The number of nitrogens with zero attached hydrogens (tertiary/aromatic N) is 4. The average Bonchev–Trinajstić information content (AvgIpc) is 3.12. The number of piperidine rings is 1. The lowest BCUT2D eigenvalue weighted by Crippen LogP contribution is -2.52. The van der Waals surface area contributed by atoms with Gasteiger partial charge in [-0.15, -0.1) is 13.2 Å². The van der Waals surface area contributed by atoms with Crippen molar-refractivity contribution < 1.29 is 17.9 Å². The maximum Gasteiger partial charge on any atom is 0.573 e. The Bertz CT molecular complexity index is 948. The molecule has 1 aliphatic heterocycles. The van der Waals surface area contributed by atoms with Gasteiger partial charge in [0, 0.05) is 18.6 Å². The van der Waals surface area contributed by atoms with E-state index < -0.39 is 11.9 Å². The highest BCUT2D eigenvalue weighted by atomic mass is 19.4. The minimum Gasteiger partial charge on any atom is -0.406 e. The van der Waals surface area contributed by atoms with Crippen molar-refractivity contribution in [2.45, 2.75) is 31.2 Å². The van der Waals surface area contributed by atoms with Crippen molar-refractivity contribution in [3.05, 3.63) is 42.5 Å². The Labute approximate surface area is 158 Å². The van der Waals surface area contributed by atoms with Crippen LogP contribution in [0.2, 0.25) is 0 Å². The fraction of sp³-hybridized carbons (Fsp3) is 0.389. The largest absolute Gasteiger partial charge is 0.573 e. The number of aromatic amines is 1. The van der Waals surface area contributed by atoms with Crippen molar-refractivity contribution in [3.63, 3.8) is 0 Å². The predicted octanol–water partition coefficient (Wildman–Crippen LogP) is 2.79. The third-order valence-electron chi connectivity index (χ3n) is 4.97. The molecule has 1 saturated heterocycles. The first kappa shape index (κ1) is 18.5. The second-order valence-corrected chi connectivity index (χ2v) is 7.01. The molecular formula is C18H19F3N6O. The number of fused-ring (bicyclic) bond motifs is 1. The molecule has 3 aromatic rings. The lowest BCUT2D eigenvalue weighted by molar-refractivity contribution is -0.274. The molecule has 1 fully saturated rings. The molecule has 0 radical (unpaired) electrons. The van der Waals surface area contributed by atoms with Crippen LogP contribution in [0.15, 0.2) is 36.9 Å². The Balaban J connectivity index is 1.40. The molecule has 3 N–H and O–H groups in total. The zero-order valence-electron chi connectivity index (χ0n) is 14.9. The highest BCUT2D eigenvalue weighted by Gasteiger charge is 2.33. The van der Waals surface area contributed by atoms with Crippen LogP contribution in [-0.2, 0) is 6.42 Å². The van der Waals surface area contributed by atoms with Gasteiger partial charge in [0.25, 0.3) is 0 Å². The summed E-state index contributed by atoms with van der Waals surface area (Å²) in [5.74, 6) is 0.547. The fourth-order valence-corrected chi connectivity index (χ4v) is 3.54. The molecular weight excluding hydrogens is 373 g/mol. The Hall–Kier alpha value is -2.88. The van der Waals surface area contributed by atoms with Crippen molar-refractivity contribution in [1.29, 1.82) is 0 Å². The molecule has 7 nitrogen and oxygen atoms in total. The molecule has 0 saturated carbocycles. The van der Waals surface area contributed by atoms with E-state index in [1.54, 1.807) is 18.5 Å². The summed E-state index contributed by atoms with van der Waals surface area (Å²) in [5, 5.41) is 0. The first-order valence-electron chi connectivity index (χ1n) is 8.84. The summed E-state index contributed by atoms with van der Waals surface area (Å²) in [7, 11) is 0. The van der Waals surface area contributed by atoms with Crippen LogP contribution in [0.25, 0.3) is 11.2 Å². The summed E-state index contributed by atoms with van der Waals surface area (Å²) in [4.78, 5) is 17.9. The number of hydrogen-bond donors (Lipinski definition) is 2. The van der Waals surface area contributed by atoms with Crippen LogP contribution in [0.5, 0.6) is 5.75 Å². The van der Waals surface area contributed by atoms with Gasteiger partial charge in [-0.25, -0.2) is 15.0 Å². The number of halogens is 3. The molecule has 4 rings (SSSR count). The summed E-state index contributed by atoms with van der Waals surface area (Å²) in [5.41, 5.74) is 8.44. The highest BCUT2D eigenvalue weighted by Crippen LogP contribution is 2.30. The molecule has 2 aromatic heterocycles. The lowest BCUT2D eigenvalue weighted by atomic mass is 9.83. The number of benzene rings is 1. The predicted molar refractivity (Wildman–Crippen MR) is 96.9 cm³/mol.